The molecule has 1 fully saturated rings. The van der Waals surface area contributed by atoms with Crippen molar-refractivity contribution in [1.82, 2.24) is 34.1 Å². The molecule has 0 aliphatic carbocycles. The normalized spacial score (nSPS) is 26.7. The van der Waals surface area contributed by atoms with Gasteiger partial charge >= 0.3 is 6.72 Å². The first-order chi connectivity index (χ1) is 20.9. The average molecular weight is 654 g/mol. The molecule has 0 amide bonds. The smallest absolute Gasteiger partial charge is 0.325 e. The highest BCUT2D eigenvalue weighted by molar-refractivity contribution is 8.07. The fraction of sp³-hybridized carbons (Fsp3) is 0.348. The minimum absolute atomic E-state index is 0.0573. The Hall–Kier alpha value is -4.06. The zero-order valence-corrected chi connectivity index (χ0v) is 23.8. The van der Waals surface area contributed by atoms with Crippen LogP contribution in [0.1, 0.15) is 18.9 Å². The second-order valence-corrected chi connectivity index (χ2v) is 12.5. The SMILES string of the molecule is C#C[C@]1(COP(O)(=S)OC2C(F)=C(CO)O[C@H]2n2cnc3c(=O)[nH]c(N)nc32)O[C@@H](n2cc(F)c3c(N)ncnc32)C[C@@H]1O. The topological polar surface area (TPSA) is 244 Å². The highest BCUT2D eigenvalue weighted by Crippen LogP contribution is 2.52. The lowest BCUT2D eigenvalue weighted by Crippen LogP contribution is -2.42. The summed E-state index contributed by atoms with van der Waals surface area (Å²) in [7, 11) is 0. The van der Waals surface area contributed by atoms with Crippen molar-refractivity contribution in [3.05, 3.63) is 46.6 Å². The van der Waals surface area contributed by atoms with Gasteiger partial charge in [-0.15, -0.1) is 6.42 Å². The van der Waals surface area contributed by atoms with Crippen LogP contribution in [-0.4, -0.2) is 80.2 Å². The Labute approximate surface area is 249 Å². The van der Waals surface area contributed by atoms with Gasteiger partial charge in [0, 0.05) is 12.6 Å². The number of ether oxygens (including phenoxy) is 2. The Morgan fingerprint density at radius 3 is 2.80 bits per heavy atom. The van der Waals surface area contributed by atoms with Gasteiger partial charge in [0.1, 0.15) is 37.4 Å². The summed E-state index contributed by atoms with van der Waals surface area (Å²) in [4.78, 5) is 41.1. The lowest BCUT2D eigenvalue weighted by Gasteiger charge is -2.29. The van der Waals surface area contributed by atoms with Gasteiger partial charge in [-0.3, -0.25) is 18.9 Å². The summed E-state index contributed by atoms with van der Waals surface area (Å²) >= 11 is 5.11. The molecule has 232 valence electrons. The largest absolute Gasteiger partial charge is 0.466 e. The lowest BCUT2D eigenvalue weighted by atomic mass is 9.99. The van der Waals surface area contributed by atoms with E-state index in [-0.39, 0.29) is 40.4 Å². The van der Waals surface area contributed by atoms with E-state index in [1.165, 1.54) is 4.57 Å². The highest BCUT2D eigenvalue weighted by Gasteiger charge is 2.50. The van der Waals surface area contributed by atoms with Crippen molar-refractivity contribution in [3.8, 4) is 12.3 Å². The molecule has 0 radical (unpaired) electrons. The first kappa shape index (κ1) is 30.0. The van der Waals surface area contributed by atoms with Crippen molar-refractivity contribution in [2.45, 2.75) is 36.7 Å². The molecule has 44 heavy (non-hydrogen) atoms. The van der Waals surface area contributed by atoms with Gasteiger partial charge in [-0.1, -0.05) is 5.92 Å². The van der Waals surface area contributed by atoms with Crippen molar-refractivity contribution in [3.63, 3.8) is 0 Å². The van der Waals surface area contributed by atoms with Gasteiger partial charge in [0.2, 0.25) is 12.2 Å². The van der Waals surface area contributed by atoms with Crippen LogP contribution in [0.3, 0.4) is 0 Å². The first-order valence-electron chi connectivity index (χ1n) is 12.5. The Morgan fingerprint density at radius 1 is 1.30 bits per heavy atom. The van der Waals surface area contributed by atoms with E-state index >= 15 is 4.39 Å². The number of aromatic nitrogens is 7. The summed E-state index contributed by atoms with van der Waals surface area (Å²) < 4.78 is 54.6. The van der Waals surface area contributed by atoms with Crippen LogP contribution in [0.5, 0.6) is 0 Å². The minimum atomic E-state index is -4.44. The van der Waals surface area contributed by atoms with E-state index in [2.05, 4.69) is 30.8 Å². The summed E-state index contributed by atoms with van der Waals surface area (Å²) in [5.74, 6) is -0.525. The van der Waals surface area contributed by atoms with Crippen LogP contribution in [0, 0.1) is 18.2 Å². The van der Waals surface area contributed by atoms with Crippen LogP contribution >= 0.6 is 6.72 Å². The van der Waals surface area contributed by atoms with Crippen molar-refractivity contribution in [1.29, 1.82) is 0 Å². The molecule has 2 aliphatic rings. The second kappa shape index (κ2) is 10.8. The Balaban J connectivity index is 1.24. The predicted octanol–water partition coefficient (Wildman–Crippen LogP) is -0.159. The molecule has 8 N–H and O–H groups in total. The third-order valence-corrected chi connectivity index (χ3v) is 8.58. The van der Waals surface area contributed by atoms with E-state index in [1.807, 2.05) is 0 Å². The molecule has 17 nitrogen and oxygen atoms in total. The number of aliphatic hydroxyl groups excluding tert-OH is 2. The van der Waals surface area contributed by atoms with Gasteiger partial charge in [-0.25, -0.2) is 23.7 Å². The summed E-state index contributed by atoms with van der Waals surface area (Å²) in [6.07, 6.45) is 3.00. The molecule has 0 spiro atoms. The number of hydrogen-bond acceptors (Lipinski definition) is 14. The highest BCUT2D eigenvalue weighted by atomic mass is 32.5. The zero-order chi connectivity index (χ0) is 31.6. The molecule has 6 heterocycles. The number of aliphatic hydroxyl groups is 2. The van der Waals surface area contributed by atoms with Crippen LogP contribution in [-0.2, 0) is 30.3 Å². The standard InChI is InChI=1S/C23H22F2N9O8PS/c1-2-23(11(36)3-12(41-23)33-4-9(24)13-17(26)28-7-29-18(13)33)6-39-43(38,44)42-16-14(25)10(5-35)40-21(16)34-8-30-15-19(34)31-22(27)32-20(15)37/h1,4,7-8,11-12,16,21,35-36H,3,5-6H2,(H,38,44)(H2,26,28,29)(H3,27,31,32,37)/t11-,12+,16?,21+,23+,43?/m0/s1. The molecule has 2 unspecified atom stereocenters. The summed E-state index contributed by atoms with van der Waals surface area (Å²) in [6.45, 7) is -6.08. The zero-order valence-electron chi connectivity index (χ0n) is 22.1. The fourth-order valence-electron chi connectivity index (χ4n) is 4.95. The van der Waals surface area contributed by atoms with Crippen LogP contribution in [0.4, 0.5) is 20.5 Å². The van der Waals surface area contributed by atoms with E-state index < -0.39 is 73.2 Å². The van der Waals surface area contributed by atoms with Crippen LogP contribution in [0.15, 0.2) is 35.2 Å². The van der Waals surface area contributed by atoms with Gasteiger partial charge in [0.25, 0.3) is 5.56 Å². The molecular weight excluding hydrogens is 631 g/mol. The van der Waals surface area contributed by atoms with Gasteiger partial charge in [-0.05, 0) is 11.8 Å². The van der Waals surface area contributed by atoms with Gasteiger partial charge < -0.3 is 45.1 Å². The van der Waals surface area contributed by atoms with Gasteiger partial charge in [0.15, 0.2) is 45.9 Å². The lowest BCUT2D eigenvalue weighted by molar-refractivity contribution is -0.0883. The molecule has 6 atom stereocenters. The summed E-state index contributed by atoms with van der Waals surface area (Å²) in [5.41, 5.74) is 8.58. The third-order valence-electron chi connectivity index (χ3n) is 7.05. The van der Waals surface area contributed by atoms with Gasteiger partial charge in [0.05, 0.1) is 12.0 Å². The number of rotatable bonds is 8. The summed E-state index contributed by atoms with van der Waals surface area (Å²) in [5, 5.41) is 20.4. The number of nitrogens with one attached hydrogen (secondary N) is 1. The number of terminal acetylenes is 1. The Morgan fingerprint density at radius 2 is 2.07 bits per heavy atom. The van der Waals surface area contributed by atoms with Crippen molar-refractivity contribution >= 4 is 52.5 Å². The van der Waals surface area contributed by atoms with Crippen LogP contribution < -0.4 is 17.0 Å². The number of imidazole rings is 1. The molecule has 0 saturated carbocycles. The third kappa shape index (κ3) is 4.89. The average Bonchev–Trinajstić information content (AvgIpc) is 3.71. The molecule has 4 aromatic heterocycles. The molecule has 4 aromatic rings. The Kier molecular flexibility index (Phi) is 7.38. The van der Waals surface area contributed by atoms with Crippen molar-refractivity contribution < 1.29 is 42.4 Å². The number of nitrogens with zero attached hydrogens (tertiary/aromatic N) is 6. The Bertz CT molecular complexity index is 1980. The van der Waals surface area contributed by atoms with E-state index in [4.69, 9.17) is 48.2 Å². The number of aromatic amines is 1. The van der Waals surface area contributed by atoms with Crippen molar-refractivity contribution in [2.24, 2.45) is 0 Å². The number of halogens is 2. The summed E-state index contributed by atoms with van der Waals surface area (Å²) in [6, 6.07) is 0. The van der Waals surface area contributed by atoms with Gasteiger partial charge in [-0.2, -0.15) is 4.98 Å². The first-order valence-corrected chi connectivity index (χ1v) is 15.1. The van der Waals surface area contributed by atoms with Crippen LogP contribution in [0.2, 0.25) is 0 Å². The number of fused-ring (bicyclic) bond motifs is 2. The number of hydrogen-bond donors (Lipinski definition) is 6. The van der Waals surface area contributed by atoms with E-state index in [1.54, 1.807) is 0 Å². The second-order valence-electron chi connectivity index (χ2n) is 9.68. The van der Waals surface area contributed by atoms with E-state index in [0.29, 0.717) is 0 Å². The van der Waals surface area contributed by atoms with Crippen molar-refractivity contribution in [2.75, 3.05) is 24.7 Å². The molecule has 2 aliphatic heterocycles. The van der Waals surface area contributed by atoms with E-state index in [9.17, 15) is 24.3 Å². The molecule has 0 aromatic carbocycles. The number of anilines is 2. The quantitative estimate of drug-likeness (QED) is 0.107. The number of nitrogens with two attached hydrogens (primary N) is 2. The maximum Gasteiger partial charge on any atom is 0.325 e. The number of nitrogen functional groups attached to an aromatic ring is 2. The minimum Gasteiger partial charge on any atom is -0.466 e. The maximum absolute atomic E-state index is 15.3. The van der Waals surface area contributed by atoms with E-state index in [0.717, 1.165) is 23.4 Å². The molecule has 1 saturated heterocycles. The maximum atomic E-state index is 15.3. The molecule has 21 heteroatoms. The predicted molar refractivity (Wildman–Crippen MR) is 149 cm³/mol. The monoisotopic (exact) mass is 653 g/mol. The molecule has 0 bridgehead atoms. The van der Waals surface area contributed by atoms with Crippen LogP contribution in [0.25, 0.3) is 22.2 Å². The molecular formula is C23H22F2N9O8PS. The molecule has 6 rings (SSSR count). The fourth-order valence-corrected chi connectivity index (χ4v) is 6.28. The number of H-pyrrole nitrogens is 1.